The van der Waals surface area contributed by atoms with E-state index in [1.54, 1.807) is 0 Å². The van der Waals surface area contributed by atoms with Gasteiger partial charge in [-0.15, -0.1) is 0 Å². The first kappa shape index (κ1) is 14.1. The Morgan fingerprint density at radius 3 is 2.53 bits per heavy atom. The average Bonchev–Trinajstić information content (AvgIpc) is 2.44. The summed E-state index contributed by atoms with van der Waals surface area (Å²) >= 11 is 0. The van der Waals surface area contributed by atoms with Crippen LogP contribution in [0.2, 0.25) is 0 Å². The highest BCUT2D eigenvalue weighted by atomic mass is 19.2. The fourth-order valence-electron chi connectivity index (χ4n) is 2.71. The molecule has 1 aromatic carbocycles. The third-order valence-corrected chi connectivity index (χ3v) is 4.02. The second-order valence-electron chi connectivity index (χ2n) is 5.40. The van der Waals surface area contributed by atoms with Crippen LogP contribution in [-0.4, -0.2) is 18.3 Å². The topological polar surface area (TPSA) is 58.3 Å². The van der Waals surface area contributed by atoms with Gasteiger partial charge in [0.05, 0.1) is 18.0 Å². The Labute approximate surface area is 111 Å². The molecule has 0 amide bonds. The summed E-state index contributed by atoms with van der Waals surface area (Å²) in [6.45, 7) is 0.463. The van der Waals surface area contributed by atoms with Crippen molar-refractivity contribution in [1.82, 2.24) is 0 Å². The molecule has 1 aromatic rings. The van der Waals surface area contributed by atoms with Gasteiger partial charge < -0.3 is 16.2 Å². The van der Waals surface area contributed by atoms with Gasteiger partial charge in [0, 0.05) is 12.0 Å². The van der Waals surface area contributed by atoms with Gasteiger partial charge in [0.25, 0.3) is 0 Å². The van der Waals surface area contributed by atoms with E-state index < -0.39 is 11.6 Å². The summed E-state index contributed by atoms with van der Waals surface area (Å²) in [5.41, 5.74) is 5.59. The summed E-state index contributed by atoms with van der Waals surface area (Å²) in [4.78, 5) is 0. The number of nitrogen functional groups attached to an aromatic ring is 1. The van der Waals surface area contributed by atoms with Crippen LogP contribution in [0.3, 0.4) is 0 Å². The van der Waals surface area contributed by atoms with Gasteiger partial charge in [-0.3, -0.25) is 0 Å². The molecule has 3 nitrogen and oxygen atoms in total. The number of benzene rings is 1. The lowest BCUT2D eigenvalue weighted by Gasteiger charge is -2.36. The smallest absolute Gasteiger partial charge is 0.183 e. The highest BCUT2D eigenvalue weighted by Crippen LogP contribution is 2.37. The predicted molar refractivity (Wildman–Crippen MR) is 71.9 cm³/mol. The lowest BCUT2D eigenvalue weighted by atomic mass is 9.74. The maximum absolute atomic E-state index is 13.7. The zero-order chi connectivity index (χ0) is 13.9. The van der Waals surface area contributed by atoms with Crippen LogP contribution >= 0.6 is 0 Å². The Kier molecular flexibility index (Phi) is 4.24. The quantitative estimate of drug-likeness (QED) is 0.737. The van der Waals surface area contributed by atoms with Crippen molar-refractivity contribution < 1.29 is 13.9 Å². The summed E-state index contributed by atoms with van der Waals surface area (Å²) in [5.74, 6) is -1.87. The summed E-state index contributed by atoms with van der Waals surface area (Å²) in [5, 5.41) is 12.5. The molecule has 0 unspecified atom stereocenters. The molecule has 1 aliphatic carbocycles. The molecule has 0 aromatic heterocycles. The van der Waals surface area contributed by atoms with E-state index in [1.807, 2.05) is 0 Å². The van der Waals surface area contributed by atoms with Crippen LogP contribution in [-0.2, 0) is 0 Å². The maximum Gasteiger partial charge on any atom is 0.183 e. The molecule has 1 fully saturated rings. The number of hydrogen-bond donors (Lipinski definition) is 3. The van der Waals surface area contributed by atoms with Crippen LogP contribution in [0.25, 0.3) is 0 Å². The van der Waals surface area contributed by atoms with E-state index in [0.717, 1.165) is 38.2 Å². The minimum atomic E-state index is -0.955. The van der Waals surface area contributed by atoms with E-state index in [0.29, 0.717) is 6.54 Å². The van der Waals surface area contributed by atoms with Crippen molar-refractivity contribution in [3.05, 3.63) is 23.8 Å². The zero-order valence-corrected chi connectivity index (χ0v) is 10.9. The Bertz CT molecular complexity index is 445. The summed E-state index contributed by atoms with van der Waals surface area (Å²) in [6.07, 6.45) is 5.08. The first-order valence-corrected chi connectivity index (χ1v) is 6.66. The van der Waals surface area contributed by atoms with E-state index >= 15 is 0 Å². The highest BCUT2D eigenvalue weighted by molar-refractivity contribution is 5.66. The van der Waals surface area contributed by atoms with Gasteiger partial charge in [0.15, 0.2) is 11.6 Å². The molecular weight excluding hydrogens is 250 g/mol. The number of rotatable bonds is 4. The summed E-state index contributed by atoms with van der Waals surface area (Å²) in [6, 6.07) is 2.35. The second kappa shape index (κ2) is 5.74. The van der Waals surface area contributed by atoms with Gasteiger partial charge in [0.1, 0.15) is 0 Å². The number of halogens is 2. The van der Waals surface area contributed by atoms with Gasteiger partial charge in [-0.1, -0.05) is 19.3 Å². The largest absolute Gasteiger partial charge is 0.397 e. The van der Waals surface area contributed by atoms with E-state index in [2.05, 4.69) is 5.32 Å². The molecule has 5 heteroatoms. The first-order valence-electron chi connectivity index (χ1n) is 6.66. The van der Waals surface area contributed by atoms with Crippen molar-refractivity contribution in [3.63, 3.8) is 0 Å². The lowest BCUT2D eigenvalue weighted by Crippen LogP contribution is -2.36. The average molecular weight is 270 g/mol. The van der Waals surface area contributed by atoms with Crippen molar-refractivity contribution in [2.24, 2.45) is 5.41 Å². The van der Waals surface area contributed by atoms with Crippen LogP contribution in [0.4, 0.5) is 20.2 Å². The van der Waals surface area contributed by atoms with Crippen LogP contribution in [0.15, 0.2) is 12.1 Å². The molecule has 1 saturated carbocycles. The third-order valence-electron chi connectivity index (χ3n) is 4.02. The Morgan fingerprint density at radius 1 is 1.21 bits per heavy atom. The molecule has 0 heterocycles. The molecule has 0 radical (unpaired) electrons. The third kappa shape index (κ3) is 2.97. The van der Waals surface area contributed by atoms with Gasteiger partial charge in [-0.25, -0.2) is 8.78 Å². The number of aliphatic hydroxyl groups is 1. The molecule has 0 atom stereocenters. The van der Waals surface area contributed by atoms with Crippen molar-refractivity contribution in [2.75, 3.05) is 24.2 Å². The Balaban J connectivity index is 2.11. The Morgan fingerprint density at radius 2 is 1.89 bits per heavy atom. The molecule has 1 aliphatic rings. The molecule has 0 spiro atoms. The normalized spacial score (nSPS) is 18.3. The van der Waals surface area contributed by atoms with E-state index in [9.17, 15) is 13.9 Å². The van der Waals surface area contributed by atoms with Crippen molar-refractivity contribution in [2.45, 2.75) is 32.1 Å². The SMILES string of the molecule is Nc1ccc(F)c(F)c1NCC1(CO)CCCCC1. The van der Waals surface area contributed by atoms with E-state index in [-0.39, 0.29) is 23.4 Å². The maximum atomic E-state index is 13.7. The molecule has 19 heavy (non-hydrogen) atoms. The molecule has 0 saturated heterocycles. The monoisotopic (exact) mass is 270 g/mol. The van der Waals surface area contributed by atoms with Gasteiger partial charge >= 0.3 is 0 Å². The Hall–Kier alpha value is -1.36. The molecule has 106 valence electrons. The number of hydrogen-bond acceptors (Lipinski definition) is 3. The summed E-state index contributed by atoms with van der Waals surface area (Å²) in [7, 11) is 0. The van der Waals surface area contributed by atoms with Gasteiger partial charge in [-0.05, 0) is 25.0 Å². The van der Waals surface area contributed by atoms with Gasteiger partial charge in [0.2, 0.25) is 0 Å². The fourth-order valence-corrected chi connectivity index (χ4v) is 2.71. The molecule has 0 aliphatic heterocycles. The lowest BCUT2D eigenvalue weighted by molar-refractivity contribution is 0.0943. The minimum absolute atomic E-state index is 0.00148. The van der Waals surface area contributed by atoms with Crippen molar-refractivity contribution in [1.29, 1.82) is 0 Å². The molecular formula is C14H20F2N2O. The molecule has 4 N–H and O–H groups in total. The number of aliphatic hydroxyl groups excluding tert-OH is 1. The van der Waals surface area contributed by atoms with Crippen LogP contribution in [0, 0.1) is 17.0 Å². The second-order valence-corrected chi connectivity index (χ2v) is 5.40. The predicted octanol–water partition coefficient (Wildman–Crippen LogP) is 2.90. The van der Waals surface area contributed by atoms with Crippen molar-refractivity contribution >= 4 is 11.4 Å². The van der Waals surface area contributed by atoms with E-state index in [1.165, 1.54) is 6.07 Å². The van der Waals surface area contributed by atoms with Gasteiger partial charge in [-0.2, -0.15) is 0 Å². The number of nitrogens with two attached hydrogens (primary N) is 1. The first-order chi connectivity index (χ1) is 9.08. The fraction of sp³-hybridized carbons (Fsp3) is 0.571. The molecule has 2 rings (SSSR count). The van der Waals surface area contributed by atoms with E-state index in [4.69, 9.17) is 5.73 Å². The van der Waals surface area contributed by atoms with Crippen LogP contribution in [0.1, 0.15) is 32.1 Å². The minimum Gasteiger partial charge on any atom is -0.397 e. The number of nitrogens with one attached hydrogen (secondary N) is 1. The van der Waals surface area contributed by atoms with Crippen LogP contribution in [0.5, 0.6) is 0 Å². The van der Waals surface area contributed by atoms with Crippen molar-refractivity contribution in [3.8, 4) is 0 Å². The summed E-state index contributed by atoms with van der Waals surface area (Å²) < 4.78 is 26.8. The molecule has 0 bridgehead atoms. The van der Waals surface area contributed by atoms with Crippen LogP contribution < -0.4 is 11.1 Å². The number of anilines is 2. The highest BCUT2D eigenvalue weighted by Gasteiger charge is 2.31. The zero-order valence-electron chi connectivity index (χ0n) is 10.9. The standard InChI is InChI=1S/C14H20F2N2O/c15-10-4-5-11(17)13(12(10)16)18-8-14(9-19)6-2-1-3-7-14/h4-5,18-19H,1-3,6-9,17H2.